The lowest BCUT2D eigenvalue weighted by atomic mass is 10.2. The van der Waals surface area contributed by atoms with Crippen LogP contribution in [0.15, 0.2) is 48.5 Å². The summed E-state index contributed by atoms with van der Waals surface area (Å²) in [6.45, 7) is 1.83. The molecular formula is C22H20F2IN8OPS. The van der Waals surface area contributed by atoms with Gasteiger partial charge >= 0.3 is 0 Å². The second kappa shape index (κ2) is 11.4. The Kier molecular flexibility index (Phi) is 8.28. The van der Waals surface area contributed by atoms with Crippen molar-refractivity contribution in [1.29, 1.82) is 5.26 Å². The maximum atomic E-state index is 13.8. The molecule has 0 aliphatic rings. The lowest BCUT2D eigenvalue weighted by Gasteiger charge is -2.21. The Morgan fingerprint density at radius 1 is 1.14 bits per heavy atom. The van der Waals surface area contributed by atoms with Crippen LogP contribution in [0, 0.1) is 11.3 Å². The fourth-order valence-electron chi connectivity index (χ4n) is 3.45. The number of aromatic nitrogens is 4. The van der Waals surface area contributed by atoms with Crippen LogP contribution in [-0.4, -0.2) is 36.3 Å². The maximum Gasteiger partial charge on any atom is 0.295 e. The number of benzene rings is 1. The van der Waals surface area contributed by atoms with Crippen LogP contribution >= 0.6 is 28.4 Å². The molecule has 4 aromatic rings. The van der Waals surface area contributed by atoms with Gasteiger partial charge in [0.25, 0.3) is 6.43 Å². The Labute approximate surface area is 223 Å². The molecule has 4 rings (SSSR count). The topological polar surface area (TPSA) is 112 Å². The van der Waals surface area contributed by atoms with Crippen LogP contribution in [0.2, 0.25) is 0 Å². The van der Waals surface area contributed by atoms with Crippen molar-refractivity contribution in [3.8, 4) is 6.07 Å². The molecular weight excluding hydrogens is 620 g/mol. The highest BCUT2D eigenvalue weighted by Crippen LogP contribution is 2.39. The predicted molar refractivity (Wildman–Crippen MR) is 149 cm³/mol. The van der Waals surface area contributed by atoms with Crippen molar-refractivity contribution >= 4 is 79.3 Å². The van der Waals surface area contributed by atoms with Crippen LogP contribution in [0.5, 0.6) is 0 Å². The van der Waals surface area contributed by atoms with Crippen LogP contribution in [0.25, 0.3) is 11.2 Å². The Hall–Kier alpha value is -2.95. The van der Waals surface area contributed by atoms with Gasteiger partial charge in [0.15, 0.2) is 11.5 Å². The second-order valence-corrected chi connectivity index (χ2v) is 11.1. The van der Waals surface area contributed by atoms with E-state index in [-0.39, 0.29) is 29.1 Å². The molecule has 0 aliphatic carbocycles. The van der Waals surface area contributed by atoms with E-state index < -0.39 is 17.4 Å². The summed E-state index contributed by atoms with van der Waals surface area (Å²) in [7, 11) is 0.482. The molecule has 186 valence electrons. The number of hydrogen-bond donors (Lipinski definition) is 2. The lowest BCUT2D eigenvalue weighted by molar-refractivity contribution is 0.140. The lowest BCUT2D eigenvalue weighted by Crippen LogP contribution is -2.22. The Morgan fingerprint density at radius 2 is 1.92 bits per heavy atom. The summed E-state index contributed by atoms with van der Waals surface area (Å²) in [4.78, 5) is 13.0. The van der Waals surface area contributed by atoms with Gasteiger partial charge < -0.3 is 10.6 Å². The van der Waals surface area contributed by atoms with Gasteiger partial charge in [-0.15, -0.1) is 0 Å². The summed E-state index contributed by atoms with van der Waals surface area (Å²) < 4.78 is 43.1. The van der Waals surface area contributed by atoms with Gasteiger partial charge in [0, 0.05) is 18.9 Å². The van der Waals surface area contributed by atoms with Gasteiger partial charge in [0.2, 0.25) is 0 Å². The Bertz CT molecular complexity index is 1480. The van der Waals surface area contributed by atoms with Crippen molar-refractivity contribution in [3.63, 3.8) is 0 Å². The normalized spacial score (nSPS) is 12.2. The smallest absolute Gasteiger partial charge is 0.295 e. The molecule has 9 nitrogen and oxygen atoms in total. The first-order valence-electron chi connectivity index (χ1n) is 10.6. The minimum absolute atomic E-state index is 0.0645. The third kappa shape index (κ3) is 5.40. The standard InChI is InChI=1S/C22H20F2IN8OPS/c1-3-36(34)32(2)16-9-5-4-8-14(16)28-15-11-18(29-17-10-6-7-13(12-26)27-17)30-21-19(15)31-22(20(23)24)33(21)35-25/h4-11,20,35H,3H2,1-2H3,(H2,27,28,29,30). The van der Waals surface area contributed by atoms with Crippen molar-refractivity contribution in [2.75, 3.05) is 27.7 Å². The number of hydrogen-bond acceptors (Lipinski definition) is 7. The first-order chi connectivity index (χ1) is 17.4. The van der Waals surface area contributed by atoms with E-state index in [1.54, 1.807) is 41.7 Å². The van der Waals surface area contributed by atoms with Crippen LogP contribution in [0.3, 0.4) is 0 Å². The zero-order chi connectivity index (χ0) is 25.8. The molecule has 0 saturated carbocycles. The van der Waals surface area contributed by atoms with Crippen LogP contribution in [0.1, 0.15) is 24.9 Å². The molecule has 1 aromatic carbocycles. The van der Waals surface area contributed by atoms with Gasteiger partial charge in [-0.05, 0) is 46.3 Å². The number of anilines is 5. The molecule has 0 spiro atoms. The molecule has 0 fully saturated rings. The van der Waals surface area contributed by atoms with Crippen molar-refractivity contribution in [2.45, 2.75) is 13.3 Å². The monoisotopic (exact) mass is 640 g/mol. The van der Waals surface area contributed by atoms with Crippen molar-refractivity contribution < 1.29 is 13.0 Å². The summed E-state index contributed by atoms with van der Waals surface area (Å²) in [5, 5.41) is 15.5. The minimum Gasteiger partial charge on any atom is -0.352 e. The summed E-state index contributed by atoms with van der Waals surface area (Å²) in [5.41, 5.74) is 2.48. The van der Waals surface area contributed by atoms with Crippen molar-refractivity contribution in [3.05, 3.63) is 60.0 Å². The average molecular weight is 640 g/mol. The highest BCUT2D eigenvalue weighted by atomic mass is 127. The molecule has 3 heterocycles. The summed E-state index contributed by atoms with van der Waals surface area (Å²) in [5.74, 6) is 0.758. The van der Waals surface area contributed by atoms with Gasteiger partial charge in [-0.3, -0.25) is 8.64 Å². The highest BCUT2D eigenvalue weighted by molar-refractivity contribution is 14.2. The fraction of sp³-hybridized carbons (Fsp3) is 0.182. The highest BCUT2D eigenvalue weighted by Gasteiger charge is 2.23. The number of pyridine rings is 2. The Morgan fingerprint density at radius 3 is 2.61 bits per heavy atom. The molecule has 0 radical (unpaired) electrons. The molecule has 0 bridgehead atoms. The number of nitrogens with zero attached hydrogens (tertiary/aromatic N) is 6. The largest absolute Gasteiger partial charge is 0.352 e. The number of nitrogens with one attached hydrogen (secondary N) is 2. The van der Waals surface area contributed by atoms with E-state index in [0.717, 1.165) is 0 Å². The van der Waals surface area contributed by atoms with E-state index in [9.17, 15) is 13.0 Å². The first kappa shape index (κ1) is 26.1. The number of alkyl halides is 2. The number of nitriles is 1. The van der Waals surface area contributed by atoms with Crippen molar-refractivity contribution in [1.82, 2.24) is 19.3 Å². The third-order valence-corrected chi connectivity index (χ3v) is 8.46. The molecule has 0 aliphatic heterocycles. The van der Waals surface area contributed by atoms with Gasteiger partial charge in [0.05, 0.1) is 23.4 Å². The molecule has 2 unspecified atom stereocenters. The predicted octanol–water partition coefficient (Wildman–Crippen LogP) is 6.03. The van der Waals surface area contributed by atoms with E-state index in [4.69, 9.17) is 5.26 Å². The molecule has 36 heavy (non-hydrogen) atoms. The zero-order valence-corrected chi connectivity index (χ0v) is 23.0. The minimum atomic E-state index is -2.79. The van der Waals surface area contributed by atoms with E-state index in [1.807, 2.05) is 53.2 Å². The van der Waals surface area contributed by atoms with Crippen LogP contribution < -0.4 is 14.9 Å². The molecule has 14 heteroatoms. The third-order valence-electron chi connectivity index (χ3n) is 5.11. The molecule has 2 N–H and O–H groups in total. The van der Waals surface area contributed by atoms with E-state index >= 15 is 0 Å². The zero-order valence-electron chi connectivity index (χ0n) is 19.0. The quantitative estimate of drug-likeness (QED) is 0.170. The molecule has 2 atom stereocenters. The first-order valence-corrected chi connectivity index (χ1v) is 15.9. The fourth-order valence-corrected chi connectivity index (χ4v) is 6.12. The number of rotatable bonds is 9. The number of halogens is 3. The SMILES string of the molecule is CCS(=O)N(C)c1ccccc1Nc1cc(Nc2cccc(C#N)n2)nc2c1nc(C(F)F)n2PI. The van der Waals surface area contributed by atoms with Crippen LogP contribution in [-0.2, 0) is 11.0 Å². The van der Waals surface area contributed by atoms with Gasteiger partial charge in [-0.2, -0.15) is 5.26 Å². The average Bonchev–Trinajstić information content (AvgIpc) is 3.27. The molecule has 0 saturated heterocycles. The van der Waals surface area contributed by atoms with E-state index in [2.05, 4.69) is 25.6 Å². The maximum absolute atomic E-state index is 13.8. The second-order valence-electron chi connectivity index (χ2n) is 7.31. The van der Waals surface area contributed by atoms with Gasteiger partial charge in [0.1, 0.15) is 39.9 Å². The number of fused-ring (bicyclic) bond motifs is 1. The van der Waals surface area contributed by atoms with Gasteiger partial charge in [-0.25, -0.2) is 27.9 Å². The Balaban J connectivity index is 1.86. The summed E-state index contributed by atoms with van der Waals surface area (Å²) >= 11 is 2.01. The molecule has 3 aromatic heterocycles. The number of imidazole rings is 1. The van der Waals surface area contributed by atoms with Crippen LogP contribution in [0.4, 0.5) is 37.5 Å². The van der Waals surface area contributed by atoms with E-state index in [0.29, 0.717) is 34.5 Å². The number of para-hydroxylation sites is 2. The van der Waals surface area contributed by atoms with E-state index in [1.165, 1.54) is 4.34 Å². The summed E-state index contributed by atoms with van der Waals surface area (Å²) in [6.07, 6.45) is -2.85. The summed E-state index contributed by atoms with van der Waals surface area (Å²) in [6, 6.07) is 15.8. The van der Waals surface area contributed by atoms with Crippen molar-refractivity contribution in [2.24, 2.45) is 0 Å². The van der Waals surface area contributed by atoms with Gasteiger partial charge in [-0.1, -0.05) is 25.1 Å². The molecule has 0 amide bonds.